The van der Waals surface area contributed by atoms with Gasteiger partial charge >= 0.3 is 0 Å². The molecule has 2 N–H and O–H groups in total. The van der Waals surface area contributed by atoms with Crippen molar-refractivity contribution in [2.24, 2.45) is 11.7 Å². The summed E-state index contributed by atoms with van der Waals surface area (Å²) in [7, 11) is 0. The molecule has 0 bridgehead atoms. The van der Waals surface area contributed by atoms with Crippen molar-refractivity contribution in [3.8, 4) is 0 Å². The Labute approximate surface area is 87.6 Å². The molecule has 0 aromatic carbocycles. The molecule has 84 valence electrons. The molecule has 0 saturated carbocycles. The molecule has 0 aromatic heterocycles. The third kappa shape index (κ3) is 3.95. The van der Waals surface area contributed by atoms with Crippen LogP contribution in [0.5, 0.6) is 0 Å². The Morgan fingerprint density at radius 2 is 2.21 bits per heavy atom. The van der Waals surface area contributed by atoms with Crippen molar-refractivity contribution >= 4 is 0 Å². The van der Waals surface area contributed by atoms with Crippen molar-refractivity contribution in [3.05, 3.63) is 0 Å². The van der Waals surface area contributed by atoms with Crippen LogP contribution in [0.25, 0.3) is 0 Å². The van der Waals surface area contributed by atoms with Crippen LogP contribution in [0.2, 0.25) is 0 Å². The Morgan fingerprint density at radius 3 is 2.86 bits per heavy atom. The highest BCUT2D eigenvalue weighted by Crippen LogP contribution is 2.12. The van der Waals surface area contributed by atoms with Gasteiger partial charge in [-0.05, 0) is 26.2 Å². The molecule has 0 aromatic rings. The summed E-state index contributed by atoms with van der Waals surface area (Å²) < 4.78 is 5.52. The molecule has 1 aliphatic rings. The number of nitrogens with zero attached hydrogens (tertiary/aromatic N) is 1. The predicted octanol–water partition coefficient (Wildman–Crippen LogP) is 1.08. The van der Waals surface area contributed by atoms with Crippen LogP contribution in [0.3, 0.4) is 0 Å². The van der Waals surface area contributed by atoms with Gasteiger partial charge in [-0.3, -0.25) is 4.90 Å². The first-order valence-electron chi connectivity index (χ1n) is 5.67. The van der Waals surface area contributed by atoms with Crippen molar-refractivity contribution in [1.29, 1.82) is 0 Å². The summed E-state index contributed by atoms with van der Waals surface area (Å²) in [5.41, 5.74) is 5.82. The van der Waals surface area contributed by atoms with Crippen molar-refractivity contribution < 1.29 is 4.74 Å². The molecule has 1 fully saturated rings. The molecule has 3 unspecified atom stereocenters. The lowest BCUT2D eigenvalue weighted by atomic mass is 10.1. The molecular weight excluding hydrogens is 176 g/mol. The molecule has 3 nitrogen and oxygen atoms in total. The summed E-state index contributed by atoms with van der Waals surface area (Å²) in [5, 5.41) is 0. The van der Waals surface area contributed by atoms with Gasteiger partial charge in [-0.2, -0.15) is 0 Å². The van der Waals surface area contributed by atoms with E-state index < -0.39 is 0 Å². The largest absolute Gasteiger partial charge is 0.380 e. The second-order valence-corrected chi connectivity index (χ2v) is 4.74. The smallest absolute Gasteiger partial charge is 0.0593 e. The number of nitrogens with two attached hydrogens (primary N) is 1. The van der Waals surface area contributed by atoms with E-state index in [1.807, 2.05) is 0 Å². The zero-order chi connectivity index (χ0) is 10.6. The van der Waals surface area contributed by atoms with Crippen molar-refractivity contribution in [2.45, 2.75) is 39.3 Å². The van der Waals surface area contributed by atoms with E-state index in [1.165, 1.54) is 0 Å². The molecule has 0 spiro atoms. The Hall–Kier alpha value is -0.120. The first kappa shape index (κ1) is 12.0. The van der Waals surface area contributed by atoms with E-state index in [1.54, 1.807) is 0 Å². The number of hydrogen-bond acceptors (Lipinski definition) is 3. The highest BCUT2D eigenvalue weighted by molar-refractivity contribution is 4.74. The third-order valence-corrected chi connectivity index (χ3v) is 2.81. The van der Waals surface area contributed by atoms with Crippen LogP contribution in [0.15, 0.2) is 0 Å². The molecule has 14 heavy (non-hydrogen) atoms. The molecule has 1 heterocycles. The fourth-order valence-corrected chi connectivity index (χ4v) is 2.10. The second-order valence-electron chi connectivity index (χ2n) is 4.74. The van der Waals surface area contributed by atoms with Gasteiger partial charge in [-0.1, -0.05) is 6.92 Å². The third-order valence-electron chi connectivity index (χ3n) is 2.81. The van der Waals surface area contributed by atoms with Crippen LogP contribution in [-0.4, -0.2) is 43.3 Å². The van der Waals surface area contributed by atoms with E-state index in [0.29, 0.717) is 18.0 Å². The van der Waals surface area contributed by atoms with Crippen molar-refractivity contribution in [3.63, 3.8) is 0 Å². The zero-order valence-electron chi connectivity index (χ0n) is 9.70. The molecule has 1 saturated heterocycles. The van der Waals surface area contributed by atoms with Crippen LogP contribution in [0.1, 0.15) is 27.2 Å². The van der Waals surface area contributed by atoms with E-state index in [2.05, 4.69) is 25.7 Å². The summed E-state index contributed by atoms with van der Waals surface area (Å²) in [6.45, 7) is 10.6. The van der Waals surface area contributed by atoms with E-state index in [0.717, 1.165) is 32.7 Å². The SMILES string of the molecule is CC(N)CC(C)N1CCOCC(C)C1. The minimum Gasteiger partial charge on any atom is -0.380 e. The van der Waals surface area contributed by atoms with Crippen LogP contribution in [-0.2, 0) is 4.74 Å². The van der Waals surface area contributed by atoms with Crippen molar-refractivity contribution in [1.82, 2.24) is 4.90 Å². The maximum atomic E-state index is 5.82. The summed E-state index contributed by atoms with van der Waals surface area (Å²) in [6.07, 6.45) is 1.08. The molecule has 3 heteroatoms. The van der Waals surface area contributed by atoms with Gasteiger partial charge in [-0.25, -0.2) is 0 Å². The quantitative estimate of drug-likeness (QED) is 0.741. The van der Waals surface area contributed by atoms with Gasteiger partial charge < -0.3 is 10.5 Å². The monoisotopic (exact) mass is 200 g/mol. The average Bonchev–Trinajstić information content (AvgIpc) is 2.28. The Morgan fingerprint density at radius 1 is 1.50 bits per heavy atom. The molecule has 1 aliphatic heterocycles. The lowest BCUT2D eigenvalue weighted by Crippen LogP contribution is -2.40. The number of rotatable bonds is 3. The summed E-state index contributed by atoms with van der Waals surface area (Å²) in [5.74, 6) is 0.646. The van der Waals surface area contributed by atoms with Crippen LogP contribution >= 0.6 is 0 Å². The topological polar surface area (TPSA) is 38.5 Å². The molecule has 0 radical (unpaired) electrons. The van der Waals surface area contributed by atoms with Gasteiger partial charge in [-0.15, -0.1) is 0 Å². The Balaban J connectivity index is 2.39. The fraction of sp³-hybridized carbons (Fsp3) is 1.00. The van der Waals surface area contributed by atoms with Crippen LogP contribution in [0, 0.1) is 5.92 Å². The Bertz CT molecular complexity index is 161. The summed E-state index contributed by atoms with van der Waals surface area (Å²) >= 11 is 0. The molecule has 0 amide bonds. The van der Waals surface area contributed by atoms with E-state index in [9.17, 15) is 0 Å². The van der Waals surface area contributed by atoms with E-state index >= 15 is 0 Å². The first-order chi connectivity index (χ1) is 6.59. The molecule has 1 rings (SSSR count). The van der Waals surface area contributed by atoms with E-state index in [-0.39, 0.29) is 0 Å². The minimum atomic E-state index is 0.296. The maximum Gasteiger partial charge on any atom is 0.0593 e. The highest BCUT2D eigenvalue weighted by atomic mass is 16.5. The normalized spacial score (nSPS) is 29.6. The van der Waals surface area contributed by atoms with Gasteiger partial charge in [0.05, 0.1) is 13.2 Å². The van der Waals surface area contributed by atoms with Gasteiger partial charge in [0, 0.05) is 25.2 Å². The van der Waals surface area contributed by atoms with Gasteiger partial charge in [0.1, 0.15) is 0 Å². The van der Waals surface area contributed by atoms with E-state index in [4.69, 9.17) is 10.5 Å². The fourth-order valence-electron chi connectivity index (χ4n) is 2.10. The van der Waals surface area contributed by atoms with Gasteiger partial charge in [0.2, 0.25) is 0 Å². The first-order valence-corrected chi connectivity index (χ1v) is 5.67. The number of ether oxygens (including phenoxy) is 1. The van der Waals surface area contributed by atoms with Gasteiger partial charge in [0.15, 0.2) is 0 Å². The average molecular weight is 200 g/mol. The predicted molar refractivity (Wildman–Crippen MR) is 59.3 cm³/mol. The molecular formula is C11H24N2O. The number of hydrogen-bond donors (Lipinski definition) is 1. The van der Waals surface area contributed by atoms with Crippen molar-refractivity contribution in [2.75, 3.05) is 26.3 Å². The maximum absolute atomic E-state index is 5.82. The zero-order valence-corrected chi connectivity index (χ0v) is 9.70. The second kappa shape index (κ2) is 5.69. The van der Waals surface area contributed by atoms with Crippen LogP contribution in [0.4, 0.5) is 0 Å². The summed E-state index contributed by atoms with van der Waals surface area (Å²) in [6, 6.07) is 0.878. The molecule has 0 aliphatic carbocycles. The summed E-state index contributed by atoms with van der Waals surface area (Å²) in [4.78, 5) is 2.50. The lowest BCUT2D eigenvalue weighted by Gasteiger charge is -2.29. The lowest BCUT2D eigenvalue weighted by molar-refractivity contribution is 0.123. The highest BCUT2D eigenvalue weighted by Gasteiger charge is 2.20. The van der Waals surface area contributed by atoms with Gasteiger partial charge in [0.25, 0.3) is 0 Å². The Kier molecular flexibility index (Phi) is 4.85. The molecule has 3 atom stereocenters. The van der Waals surface area contributed by atoms with Crippen LogP contribution < -0.4 is 5.73 Å². The minimum absolute atomic E-state index is 0.296. The standard InChI is InChI=1S/C11H24N2O/c1-9-7-13(4-5-14-8-9)11(3)6-10(2)12/h9-11H,4-8,12H2,1-3H3.